The summed E-state index contributed by atoms with van der Waals surface area (Å²) >= 11 is 0. The minimum absolute atomic E-state index is 0.0297. The number of amides is 1. The number of nitrogens with zero attached hydrogens (tertiary/aromatic N) is 1. The molecule has 0 saturated carbocycles. The van der Waals surface area contributed by atoms with E-state index >= 15 is 0 Å². The average Bonchev–Trinajstić information content (AvgIpc) is 3.25. The van der Waals surface area contributed by atoms with Gasteiger partial charge in [0.15, 0.2) is 5.58 Å². The molecule has 5 aromatic rings. The van der Waals surface area contributed by atoms with E-state index in [0.29, 0.717) is 22.9 Å². The Hall–Kier alpha value is -4.25. The highest BCUT2D eigenvalue weighted by Gasteiger charge is 2.28. The molecule has 3 N–H and O–H groups in total. The molecule has 3 heterocycles. The number of aliphatic hydroxyl groups is 1. The lowest BCUT2D eigenvalue weighted by Crippen LogP contribution is -2.44. The monoisotopic (exact) mass is 555 g/mol. The number of hydrogen-bond acceptors (Lipinski definition) is 5. The maximum absolute atomic E-state index is 13.8. The molecular weight excluding hydrogens is 530 g/mol. The van der Waals surface area contributed by atoms with Crippen molar-refractivity contribution in [3.8, 4) is 11.1 Å². The van der Waals surface area contributed by atoms with Crippen LogP contribution in [0, 0.1) is 5.82 Å². The van der Waals surface area contributed by atoms with Crippen LogP contribution in [0.25, 0.3) is 44.1 Å². The summed E-state index contributed by atoms with van der Waals surface area (Å²) in [5.41, 5.74) is 0.121. The Balaban J connectivity index is 1.69. The van der Waals surface area contributed by atoms with Gasteiger partial charge in [-0.3, -0.25) is 9.59 Å². The Kier molecular flexibility index (Phi) is 6.87. The van der Waals surface area contributed by atoms with E-state index in [2.05, 4.69) is 15.3 Å². The Morgan fingerprint density at radius 3 is 2.58 bits per heavy atom. The summed E-state index contributed by atoms with van der Waals surface area (Å²) in [6, 6.07) is 11.7. The highest BCUT2D eigenvalue weighted by Crippen LogP contribution is 2.36. The van der Waals surface area contributed by atoms with Crippen molar-refractivity contribution in [3.05, 3.63) is 76.0 Å². The number of rotatable bonds is 7. The Morgan fingerprint density at radius 2 is 1.85 bits per heavy atom. The zero-order chi connectivity index (χ0) is 28.8. The number of hydrogen-bond donors (Lipinski definition) is 3. The molecule has 11 heteroatoms. The topological polar surface area (TPSA) is 108 Å². The number of aliphatic hydroxyl groups excluding tert-OH is 1. The van der Waals surface area contributed by atoms with Crippen LogP contribution in [-0.2, 0) is 6.42 Å². The van der Waals surface area contributed by atoms with Crippen LogP contribution in [0.4, 0.5) is 17.6 Å². The maximum atomic E-state index is 13.8. The van der Waals surface area contributed by atoms with Crippen LogP contribution in [0.1, 0.15) is 42.7 Å². The SMILES string of the molecule is CC(C)(CCO)NC(=O)c1cccc(-c2cc3c(nc2CCC(F)(F)F)oc2c4ccc(F)cc4[nH]c(=O)c32)c1. The molecule has 3 aromatic heterocycles. The van der Waals surface area contributed by atoms with E-state index in [4.69, 9.17) is 4.42 Å². The summed E-state index contributed by atoms with van der Waals surface area (Å²) in [4.78, 5) is 33.0. The summed E-state index contributed by atoms with van der Waals surface area (Å²) in [5.74, 6) is -0.979. The molecular formula is C29H25F4N3O4. The van der Waals surface area contributed by atoms with E-state index in [1.54, 1.807) is 32.0 Å². The van der Waals surface area contributed by atoms with E-state index in [-0.39, 0.29) is 45.4 Å². The first-order valence-electron chi connectivity index (χ1n) is 12.5. The number of pyridine rings is 2. The minimum atomic E-state index is -4.45. The normalized spacial score (nSPS) is 12.5. The minimum Gasteiger partial charge on any atom is -0.437 e. The molecule has 0 aliphatic carbocycles. The van der Waals surface area contributed by atoms with Gasteiger partial charge >= 0.3 is 6.18 Å². The van der Waals surface area contributed by atoms with Crippen molar-refractivity contribution in [2.45, 2.75) is 44.8 Å². The number of aromatic amines is 1. The summed E-state index contributed by atoms with van der Waals surface area (Å²) in [5, 5.41) is 12.9. The first kappa shape index (κ1) is 27.3. The van der Waals surface area contributed by atoms with Crippen molar-refractivity contribution in [3.63, 3.8) is 0 Å². The predicted molar refractivity (Wildman–Crippen MR) is 143 cm³/mol. The van der Waals surface area contributed by atoms with Gasteiger partial charge in [0, 0.05) is 35.1 Å². The van der Waals surface area contributed by atoms with Crippen molar-refractivity contribution >= 4 is 38.9 Å². The fourth-order valence-electron chi connectivity index (χ4n) is 4.73. The Bertz CT molecular complexity index is 1820. The van der Waals surface area contributed by atoms with Gasteiger partial charge in [-0.1, -0.05) is 12.1 Å². The smallest absolute Gasteiger partial charge is 0.389 e. The van der Waals surface area contributed by atoms with Crippen LogP contribution in [0.3, 0.4) is 0 Å². The Labute approximate surface area is 224 Å². The molecule has 7 nitrogen and oxygen atoms in total. The largest absolute Gasteiger partial charge is 0.437 e. The first-order valence-corrected chi connectivity index (χ1v) is 12.5. The summed E-state index contributed by atoms with van der Waals surface area (Å²) < 4.78 is 59.3. The number of halogens is 4. The number of fused-ring (bicyclic) bond motifs is 5. The fraction of sp³-hybridized carbons (Fsp3) is 0.276. The number of nitrogens with one attached hydrogen (secondary N) is 2. The van der Waals surface area contributed by atoms with Crippen molar-refractivity contribution in [2.75, 3.05) is 6.61 Å². The molecule has 0 saturated heterocycles. The zero-order valence-corrected chi connectivity index (χ0v) is 21.6. The van der Waals surface area contributed by atoms with Gasteiger partial charge in [-0.15, -0.1) is 0 Å². The molecule has 1 amide bonds. The third-order valence-electron chi connectivity index (χ3n) is 6.73. The predicted octanol–water partition coefficient (Wildman–Crippen LogP) is 6.01. The van der Waals surface area contributed by atoms with E-state index in [0.717, 1.165) is 6.07 Å². The lowest BCUT2D eigenvalue weighted by Gasteiger charge is -2.25. The molecule has 0 radical (unpaired) electrons. The third kappa shape index (κ3) is 5.42. The van der Waals surface area contributed by atoms with Crippen LogP contribution in [-0.4, -0.2) is 39.3 Å². The van der Waals surface area contributed by atoms with Gasteiger partial charge in [0.25, 0.3) is 11.5 Å². The molecule has 0 aliphatic heterocycles. The van der Waals surface area contributed by atoms with Gasteiger partial charge in [0.2, 0.25) is 5.71 Å². The number of benzene rings is 2. The zero-order valence-electron chi connectivity index (χ0n) is 21.6. The standard InChI is InChI=1S/C29H25F4N3O4/c1-28(2,10-11-37)36-25(38)16-5-3-4-15(12-16)19-14-20-23-24(18-7-6-17(30)13-22(18)34-26(23)39)40-27(20)35-21(19)8-9-29(31,32)33/h3-7,12-14,37H,8-11H2,1-2H3,(H,34,39)(H,36,38). The molecule has 0 spiro atoms. The number of H-pyrrole nitrogens is 1. The molecule has 0 unspecified atom stereocenters. The van der Waals surface area contributed by atoms with Crippen LogP contribution in [0.15, 0.2) is 57.7 Å². The van der Waals surface area contributed by atoms with Crippen LogP contribution in [0.5, 0.6) is 0 Å². The van der Waals surface area contributed by atoms with Crippen LogP contribution in [0.2, 0.25) is 0 Å². The molecule has 2 aromatic carbocycles. The maximum Gasteiger partial charge on any atom is 0.389 e. The van der Waals surface area contributed by atoms with Crippen molar-refractivity contribution in [1.82, 2.24) is 15.3 Å². The summed E-state index contributed by atoms with van der Waals surface area (Å²) in [6.07, 6.45) is -5.73. The fourth-order valence-corrected chi connectivity index (χ4v) is 4.73. The number of aromatic nitrogens is 2. The van der Waals surface area contributed by atoms with Crippen molar-refractivity contribution in [2.24, 2.45) is 0 Å². The van der Waals surface area contributed by atoms with Gasteiger partial charge in [0.1, 0.15) is 5.82 Å². The average molecular weight is 556 g/mol. The molecule has 208 valence electrons. The van der Waals surface area contributed by atoms with Gasteiger partial charge in [-0.25, -0.2) is 9.37 Å². The van der Waals surface area contributed by atoms with Gasteiger partial charge < -0.3 is 19.8 Å². The molecule has 40 heavy (non-hydrogen) atoms. The number of alkyl halides is 3. The highest BCUT2D eigenvalue weighted by molar-refractivity contribution is 6.13. The molecule has 0 atom stereocenters. The van der Waals surface area contributed by atoms with E-state index < -0.39 is 41.8 Å². The van der Waals surface area contributed by atoms with Crippen molar-refractivity contribution < 1.29 is 31.9 Å². The van der Waals surface area contributed by atoms with Gasteiger partial charge in [0.05, 0.1) is 22.0 Å². The summed E-state index contributed by atoms with van der Waals surface area (Å²) in [7, 11) is 0. The van der Waals surface area contributed by atoms with Crippen molar-refractivity contribution in [1.29, 1.82) is 0 Å². The van der Waals surface area contributed by atoms with Gasteiger partial charge in [-0.05, 0) is 68.7 Å². The quantitative estimate of drug-likeness (QED) is 0.213. The Morgan fingerprint density at radius 1 is 1.07 bits per heavy atom. The van der Waals surface area contributed by atoms with E-state index in [1.165, 1.54) is 24.3 Å². The second-order valence-electron chi connectivity index (χ2n) is 10.3. The number of carbonyl (C=O) groups excluding carboxylic acids is 1. The van der Waals surface area contributed by atoms with Gasteiger partial charge in [-0.2, -0.15) is 13.2 Å². The molecule has 0 fully saturated rings. The second-order valence-corrected chi connectivity index (χ2v) is 10.3. The molecule has 0 bridgehead atoms. The lowest BCUT2D eigenvalue weighted by molar-refractivity contribution is -0.134. The molecule has 5 rings (SSSR count). The summed E-state index contributed by atoms with van der Waals surface area (Å²) in [6.45, 7) is 3.40. The van der Waals surface area contributed by atoms with E-state index in [1.807, 2.05) is 0 Å². The molecule has 0 aliphatic rings. The first-order chi connectivity index (χ1) is 18.8. The third-order valence-corrected chi connectivity index (χ3v) is 6.73. The highest BCUT2D eigenvalue weighted by atomic mass is 19.4. The van der Waals surface area contributed by atoms with Crippen LogP contribution >= 0.6 is 0 Å². The number of furan rings is 1. The number of aryl methyl sites for hydroxylation is 1. The second kappa shape index (κ2) is 10.1. The van der Waals surface area contributed by atoms with E-state index in [9.17, 15) is 32.3 Å². The number of carbonyl (C=O) groups is 1. The van der Waals surface area contributed by atoms with Crippen LogP contribution < -0.4 is 10.9 Å². The lowest BCUT2D eigenvalue weighted by atomic mass is 9.96.